The summed E-state index contributed by atoms with van der Waals surface area (Å²) in [5, 5.41) is 18.2. The molecular formula is C41H51Cl2F3N8O4S. The summed E-state index contributed by atoms with van der Waals surface area (Å²) in [6, 6.07) is 9.59. The highest BCUT2D eigenvalue weighted by Gasteiger charge is 2.52. The van der Waals surface area contributed by atoms with Gasteiger partial charge in [0, 0.05) is 54.0 Å². The first-order valence-electron chi connectivity index (χ1n) is 19.8. The standard InChI is InChI=1S/C41H50ClF3N8O4S.ClH/c1-24-21-50(22-25(2)51(24)23-36(55)48-30-17-28(42)16-29(18-30)47-34-13-14-35(54)49-37(34)56)15-5-6-26-7-10-31(11-8-26)53-39(58)52(38(57)40(53,3)4)32-12-9-27(20-46)33(19-32)41(43,44)45;/h9,12,16-19,24-26,31,34,47H,5-8,10-11,13-15,21-23H2,1-4H3,(H,48,55)(H,49,54,56);1H/t24-,25+,26?,31?,34?;. The van der Waals surface area contributed by atoms with Crippen LogP contribution in [-0.4, -0.2) is 99.3 Å². The minimum absolute atomic E-state index is 0. The smallest absolute Gasteiger partial charge is 0.374 e. The first-order valence-corrected chi connectivity index (χ1v) is 20.6. The Morgan fingerprint density at radius 3 is 2.31 bits per heavy atom. The van der Waals surface area contributed by atoms with Crippen molar-refractivity contribution in [3.8, 4) is 6.07 Å². The lowest BCUT2D eigenvalue weighted by atomic mass is 9.82. The molecule has 4 fully saturated rings. The largest absolute Gasteiger partial charge is 0.417 e. The van der Waals surface area contributed by atoms with E-state index in [4.69, 9.17) is 23.8 Å². The maximum Gasteiger partial charge on any atom is 0.417 e. The molecular weight excluding hydrogens is 828 g/mol. The number of hydrogen-bond donors (Lipinski definition) is 3. The molecule has 0 bridgehead atoms. The molecule has 59 heavy (non-hydrogen) atoms. The van der Waals surface area contributed by atoms with Gasteiger partial charge < -0.3 is 20.4 Å². The van der Waals surface area contributed by atoms with Crippen molar-refractivity contribution in [1.82, 2.24) is 20.0 Å². The van der Waals surface area contributed by atoms with Gasteiger partial charge in [0.05, 0.1) is 29.4 Å². The average molecular weight is 880 g/mol. The monoisotopic (exact) mass is 878 g/mol. The van der Waals surface area contributed by atoms with Crippen LogP contribution < -0.4 is 20.9 Å². The molecule has 6 rings (SSSR count). The molecule has 3 atom stereocenters. The highest BCUT2D eigenvalue weighted by molar-refractivity contribution is 7.80. The van der Waals surface area contributed by atoms with Crippen LogP contribution in [0, 0.1) is 17.2 Å². The Hall–Kier alpha value is -4.01. The van der Waals surface area contributed by atoms with E-state index in [1.54, 1.807) is 38.1 Å². The summed E-state index contributed by atoms with van der Waals surface area (Å²) in [5.74, 6) is -0.738. The van der Waals surface area contributed by atoms with Crippen molar-refractivity contribution in [2.24, 2.45) is 5.92 Å². The van der Waals surface area contributed by atoms with Crippen LogP contribution in [-0.2, 0) is 25.4 Å². The van der Waals surface area contributed by atoms with E-state index in [1.165, 1.54) is 11.0 Å². The van der Waals surface area contributed by atoms with Crippen molar-refractivity contribution in [1.29, 1.82) is 5.26 Å². The van der Waals surface area contributed by atoms with Gasteiger partial charge in [-0.1, -0.05) is 11.6 Å². The number of imide groups is 1. The summed E-state index contributed by atoms with van der Waals surface area (Å²) in [4.78, 5) is 58.3. The fraction of sp³-hybridized carbons (Fsp3) is 0.561. The van der Waals surface area contributed by atoms with Gasteiger partial charge in [0.25, 0.3) is 5.91 Å². The molecule has 0 spiro atoms. The van der Waals surface area contributed by atoms with E-state index in [-0.39, 0.29) is 66.1 Å². The van der Waals surface area contributed by atoms with Crippen LogP contribution in [0.5, 0.6) is 0 Å². The van der Waals surface area contributed by atoms with Crippen LogP contribution in [0.15, 0.2) is 36.4 Å². The van der Waals surface area contributed by atoms with Crippen LogP contribution in [0.2, 0.25) is 5.02 Å². The van der Waals surface area contributed by atoms with Gasteiger partial charge in [-0.3, -0.25) is 34.3 Å². The van der Waals surface area contributed by atoms with Gasteiger partial charge in [-0.15, -0.1) is 12.4 Å². The zero-order valence-electron chi connectivity index (χ0n) is 33.5. The van der Waals surface area contributed by atoms with E-state index < -0.39 is 40.7 Å². The quantitative estimate of drug-likeness (QED) is 0.161. The fourth-order valence-corrected chi connectivity index (χ4v) is 9.85. The molecule has 320 valence electrons. The number of amides is 4. The highest BCUT2D eigenvalue weighted by atomic mass is 35.5. The Morgan fingerprint density at radius 1 is 1.02 bits per heavy atom. The average Bonchev–Trinajstić information content (AvgIpc) is 3.32. The minimum Gasteiger partial charge on any atom is -0.374 e. The van der Waals surface area contributed by atoms with Crippen molar-refractivity contribution in [3.05, 3.63) is 52.5 Å². The SMILES string of the molecule is C[C@@H]1CN(CCCC2CCC(N3C(=S)N(c4ccc(C#N)c(C(F)(F)F)c4)C(=O)C3(C)C)CC2)C[C@H](C)N1CC(=O)Nc1cc(Cl)cc(NC2CCC(=O)NC2=O)c1.Cl. The Bertz CT molecular complexity index is 1980. The van der Waals surface area contributed by atoms with Gasteiger partial charge in [0.15, 0.2) is 5.11 Å². The third kappa shape index (κ3) is 10.5. The van der Waals surface area contributed by atoms with Gasteiger partial charge in [-0.25, -0.2) is 0 Å². The van der Waals surface area contributed by atoms with Crippen LogP contribution in [0.4, 0.5) is 30.2 Å². The molecule has 4 aliphatic rings. The molecule has 2 aromatic carbocycles. The molecule has 0 aromatic heterocycles. The number of piperidine rings is 1. The van der Waals surface area contributed by atoms with Crippen molar-refractivity contribution in [2.45, 2.75) is 115 Å². The Morgan fingerprint density at radius 2 is 1.68 bits per heavy atom. The summed E-state index contributed by atoms with van der Waals surface area (Å²) in [6.07, 6.45) is 1.49. The van der Waals surface area contributed by atoms with Gasteiger partial charge in [-0.05, 0) is 134 Å². The molecule has 4 amide bonds. The first-order chi connectivity index (χ1) is 27.3. The number of carbonyl (C=O) groups is 4. The van der Waals surface area contributed by atoms with E-state index in [1.807, 2.05) is 4.90 Å². The van der Waals surface area contributed by atoms with E-state index in [9.17, 15) is 37.6 Å². The third-order valence-corrected chi connectivity index (χ3v) is 12.5. The summed E-state index contributed by atoms with van der Waals surface area (Å²) in [7, 11) is 0. The minimum atomic E-state index is -4.75. The van der Waals surface area contributed by atoms with E-state index in [0.29, 0.717) is 28.7 Å². The summed E-state index contributed by atoms with van der Waals surface area (Å²) >= 11 is 12.1. The maximum atomic E-state index is 13.7. The topological polar surface area (TPSA) is 141 Å². The molecule has 12 nitrogen and oxygen atoms in total. The number of nitrogens with one attached hydrogen (secondary N) is 3. The molecule has 3 aliphatic heterocycles. The maximum absolute atomic E-state index is 13.7. The van der Waals surface area contributed by atoms with Crippen molar-refractivity contribution in [3.63, 3.8) is 0 Å². The second-order valence-corrected chi connectivity index (χ2v) is 17.4. The zero-order valence-corrected chi connectivity index (χ0v) is 35.9. The number of hydrogen-bond acceptors (Lipinski definition) is 9. The van der Waals surface area contributed by atoms with Crippen molar-refractivity contribution < 1.29 is 32.3 Å². The fourth-order valence-electron chi connectivity index (χ4n) is 9.05. The number of anilines is 3. The number of nitriles is 1. The number of benzene rings is 2. The summed E-state index contributed by atoms with van der Waals surface area (Å²) in [6.45, 7) is 10.6. The van der Waals surface area contributed by atoms with Crippen molar-refractivity contribution >= 4 is 82.0 Å². The first kappa shape index (κ1) is 46.1. The van der Waals surface area contributed by atoms with Crippen LogP contribution >= 0.6 is 36.2 Å². The molecule has 3 N–H and O–H groups in total. The van der Waals surface area contributed by atoms with Gasteiger partial charge >= 0.3 is 6.18 Å². The number of thiocarbonyl (C=S) groups is 1. The van der Waals surface area contributed by atoms with Crippen LogP contribution in [0.25, 0.3) is 0 Å². The molecule has 1 aliphatic carbocycles. The second-order valence-electron chi connectivity index (χ2n) is 16.6. The summed E-state index contributed by atoms with van der Waals surface area (Å²) in [5.41, 5.74) is -1.56. The highest BCUT2D eigenvalue weighted by Crippen LogP contribution is 2.41. The molecule has 2 aromatic rings. The third-order valence-electron chi connectivity index (χ3n) is 11.9. The van der Waals surface area contributed by atoms with Gasteiger partial charge in [-0.2, -0.15) is 18.4 Å². The molecule has 18 heteroatoms. The van der Waals surface area contributed by atoms with E-state index in [0.717, 1.165) is 70.3 Å². The zero-order chi connectivity index (χ0) is 42.1. The predicted octanol–water partition coefficient (Wildman–Crippen LogP) is 6.95. The number of piperazine rings is 1. The Kier molecular flexibility index (Phi) is 14.6. The van der Waals surface area contributed by atoms with Crippen LogP contribution in [0.3, 0.4) is 0 Å². The molecule has 3 heterocycles. The molecule has 0 radical (unpaired) electrons. The number of nitrogens with zero attached hydrogens (tertiary/aromatic N) is 5. The normalized spacial score (nSPS) is 25.3. The number of carbonyl (C=O) groups excluding carboxylic acids is 4. The lowest BCUT2D eigenvalue weighted by Crippen LogP contribution is -2.58. The lowest BCUT2D eigenvalue weighted by molar-refractivity contribution is -0.138. The second kappa shape index (κ2) is 18.7. The van der Waals surface area contributed by atoms with Gasteiger partial charge in [0.2, 0.25) is 17.7 Å². The number of alkyl halides is 3. The van der Waals surface area contributed by atoms with Gasteiger partial charge in [0.1, 0.15) is 11.6 Å². The Labute approximate surface area is 359 Å². The molecule has 3 saturated heterocycles. The number of halogens is 5. The molecule has 1 unspecified atom stereocenters. The van der Waals surface area contributed by atoms with Crippen molar-refractivity contribution in [2.75, 3.05) is 41.7 Å². The molecule has 1 saturated carbocycles. The Balaban J connectivity index is 0.00000661. The summed E-state index contributed by atoms with van der Waals surface area (Å²) < 4.78 is 41.2. The lowest BCUT2D eigenvalue weighted by Gasteiger charge is -2.44. The van der Waals surface area contributed by atoms with E-state index >= 15 is 0 Å². The van der Waals surface area contributed by atoms with Crippen LogP contribution in [0.1, 0.15) is 90.2 Å². The van der Waals surface area contributed by atoms with E-state index in [2.05, 4.69) is 39.6 Å². The predicted molar refractivity (Wildman–Crippen MR) is 226 cm³/mol. The number of rotatable bonds is 11.